The first-order valence-electron chi connectivity index (χ1n) is 5.54. The number of hydrogen-bond donors (Lipinski definition) is 0. The fourth-order valence-electron chi connectivity index (χ4n) is 2.33. The molecule has 0 N–H and O–H groups in total. The number of alkyl halides is 1. The van der Waals surface area contributed by atoms with Crippen molar-refractivity contribution in [3.05, 3.63) is 40.8 Å². The maximum absolute atomic E-state index is 6.47. The summed E-state index contributed by atoms with van der Waals surface area (Å²) in [6, 6.07) is 10.6. The monoisotopic (exact) mass is 252 g/mol. The molecule has 0 bridgehead atoms. The highest BCUT2D eigenvalue weighted by Crippen LogP contribution is 2.52. The topological polar surface area (TPSA) is 0 Å². The van der Waals surface area contributed by atoms with Crippen LogP contribution in [0.1, 0.15) is 25.8 Å². The molecule has 0 heterocycles. The van der Waals surface area contributed by atoms with Gasteiger partial charge in [-0.1, -0.05) is 44.2 Å². The average molecular weight is 253 g/mol. The van der Waals surface area contributed by atoms with Gasteiger partial charge in [0.1, 0.15) is 0 Å². The highest BCUT2D eigenvalue weighted by Gasteiger charge is 2.40. The second kappa shape index (κ2) is 4.46. The number of thioether (sulfide) groups is 1. The van der Waals surface area contributed by atoms with E-state index in [0.29, 0.717) is 0 Å². The highest BCUT2D eigenvalue weighted by molar-refractivity contribution is 8.02. The maximum atomic E-state index is 6.47. The molecule has 2 rings (SSSR count). The van der Waals surface area contributed by atoms with E-state index in [-0.39, 0.29) is 10.8 Å². The van der Waals surface area contributed by atoms with Crippen LogP contribution in [0, 0.1) is 5.41 Å². The Morgan fingerprint density at radius 1 is 1.25 bits per heavy atom. The zero-order valence-corrected chi connectivity index (χ0v) is 11.5. The van der Waals surface area contributed by atoms with Gasteiger partial charge in [-0.3, -0.25) is 0 Å². The van der Waals surface area contributed by atoms with Gasteiger partial charge in [-0.2, -0.15) is 0 Å². The Labute approximate surface area is 107 Å². The first-order valence-corrected chi connectivity index (χ1v) is 7.20. The molecule has 0 saturated carbocycles. The summed E-state index contributed by atoms with van der Waals surface area (Å²) in [5, 5.41) is 0.213. The summed E-state index contributed by atoms with van der Waals surface area (Å²) in [7, 11) is 0. The third kappa shape index (κ3) is 1.91. The molecule has 1 aromatic rings. The van der Waals surface area contributed by atoms with Crippen LogP contribution in [-0.4, -0.2) is 11.6 Å². The summed E-state index contributed by atoms with van der Waals surface area (Å²) in [6.07, 6.45) is 3.13. The first kappa shape index (κ1) is 12.1. The summed E-state index contributed by atoms with van der Waals surface area (Å²) in [6.45, 7) is 4.49. The zero-order chi connectivity index (χ0) is 11.8. The fourth-order valence-corrected chi connectivity index (χ4v) is 3.78. The van der Waals surface area contributed by atoms with E-state index in [1.165, 1.54) is 16.0 Å². The van der Waals surface area contributed by atoms with Crippen molar-refractivity contribution in [2.24, 2.45) is 5.41 Å². The minimum absolute atomic E-state index is 0.103. The van der Waals surface area contributed by atoms with E-state index in [9.17, 15) is 0 Å². The van der Waals surface area contributed by atoms with Crippen LogP contribution in [0.2, 0.25) is 0 Å². The van der Waals surface area contributed by atoms with E-state index in [1.807, 2.05) is 11.8 Å². The van der Waals surface area contributed by atoms with Gasteiger partial charge in [-0.25, -0.2) is 0 Å². The van der Waals surface area contributed by atoms with Crippen LogP contribution in [-0.2, 0) is 0 Å². The second-order valence-corrected chi connectivity index (χ2v) is 6.11. The molecule has 0 radical (unpaired) electrons. The molecule has 1 unspecified atom stereocenters. The van der Waals surface area contributed by atoms with Gasteiger partial charge in [0.25, 0.3) is 0 Å². The van der Waals surface area contributed by atoms with Crippen molar-refractivity contribution >= 4 is 28.9 Å². The summed E-state index contributed by atoms with van der Waals surface area (Å²) >= 11 is 8.31. The van der Waals surface area contributed by atoms with Crippen LogP contribution in [0.5, 0.6) is 0 Å². The normalized spacial score (nSPS) is 23.9. The van der Waals surface area contributed by atoms with Crippen LogP contribution in [0.4, 0.5) is 0 Å². The van der Waals surface area contributed by atoms with E-state index in [2.05, 4.69) is 50.4 Å². The smallest absolute Gasteiger partial charge is 0.0473 e. The molecule has 0 nitrogen and oxygen atoms in total. The molecule has 0 saturated heterocycles. The lowest BCUT2D eigenvalue weighted by molar-refractivity contribution is 0.471. The Kier molecular flexibility index (Phi) is 3.37. The summed E-state index contributed by atoms with van der Waals surface area (Å²) in [5.41, 5.74) is 2.85. The molecule has 0 aliphatic heterocycles. The molecule has 0 amide bonds. The molecule has 1 aliphatic carbocycles. The number of hydrogen-bond acceptors (Lipinski definition) is 1. The molecule has 86 valence electrons. The lowest BCUT2D eigenvalue weighted by Gasteiger charge is -2.25. The number of halogens is 1. The van der Waals surface area contributed by atoms with Crippen LogP contribution in [0.3, 0.4) is 0 Å². The molecule has 1 aromatic carbocycles. The quantitative estimate of drug-likeness (QED) is 0.682. The van der Waals surface area contributed by atoms with Crippen molar-refractivity contribution < 1.29 is 0 Å². The van der Waals surface area contributed by atoms with Gasteiger partial charge in [0.2, 0.25) is 0 Å². The average Bonchev–Trinajstić information content (AvgIpc) is 2.51. The third-order valence-electron chi connectivity index (χ3n) is 3.35. The first-order chi connectivity index (χ1) is 7.57. The Morgan fingerprint density at radius 2 is 1.88 bits per heavy atom. The molecule has 1 aliphatic rings. The van der Waals surface area contributed by atoms with E-state index in [4.69, 9.17) is 11.6 Å². The Bertz CT molecular complexity index is 406. The Hall–Kier alpha value is -0.400. The number of allylic oxidation sites excluding steroid dienone is 2. The molecule has 16 heavy (non-hydrogen) atoms. The number of benzene rings is 1. The fraction of sp³-hybridized carbons (Fsp3) is 0.429. The van der Waals surface area contributed by atoms with Crippen molar-refractivity contribution in [2.75, 3.05) is 6.26 Å². The van der Waals surface area contributed by atoms with Crippen molar-refractivity contribution in [1.82, 2.24) is 0 Å². The minimum atomic E-state index is 0.103. The van der Waals surface area contributed by atoms with Gasteiger partial charge in [-0.15, -0.1) is 23.4 Å². The Balaban J connectivity index is 2.48. The van der Waals surface area contributed by atoms with Crippen LogP contribution >= 0.6 is 23.4 Å². The molecular weight excluding hydrogens is 236 g/mol. The highest BCUT2D eigenvalue weighted by atomic mass is 35.5. The molecule has 0 spiro atoms. The number of rotatable bonds is 2. The van der Waals surface area contributed by atoms with Crippen molar-refractivity contribution in [3.63, 3.8) is 0 Å². The predicted molar refractivity (Wildman–Crippen MR) is 74.9 cm³/mol. The Morgan fingerprint density at radius 3 is 2.44 bits per heavy atom. The van der Waals surface area contributed by atoms with Gasteiger partial charge in [-0.05, 0) is 28.7 Å². The summed E-state index contributed by atoms with van der Waals surface area (Å²) in [5.74, 6) is 0. The largest absolute Gasteiger partial charge is 0.133 e. The van der Waals surface area contributed by atoms with Gasteiger partial charge >= 0.3 is 0 Å². The SMILES string of the molecule is CSC1=C(c2ccccc2)CC(Cl)C1(C)C. The third-order valence-corrected chi connectivity index (χ3v) is 5.23. The van der Waals surface area contributed by atoms with Crippen molar-refractivity contribution in [3.8, 4) is 0 Å². The summed E-state index contributed by atoms with van der Waals surface area (Å²) < 4.78 is 0. The van der Waals surface area contributed by atoms with Gasteiger partial charge in [0.15, 0.2) is 0 Å². The molecule has 0 aromatic heterocycles. The van der Waals surface area contributed by atoms with Gasteiger partial charge < -0.3 is 0 Å². The summed E-state index contributed by atoms with van der Waals surface area (Å²) in [4.78, 5) is 1.44. The van der Waals surface area contributed by atoms with Crippen molar-refractivity contribution in [1.29, 1.82) is 0 Å². The van der Waals surface area contributed by atoms with Crippen LogP contribution in [0.15, 0.2) is 35.2 Å². The van der Waals surface area contributed by atoms with Crippen molar-refractivity contribution in [2.45, 2.75) is 25.6 Å². The predicted octanol–water partition coefficient (Wildman–Crippen LogP) is 4.80. The van der Waals surface area contributed by atoms with E-state index in [0.717, 1.165) is 6.42 Å². The zero-order valence-electron chi connectivity index (χ0n) is 9.96. The van der Waals surface area contributed by atoms with Crippen LogP contribution < -0.4 is 0 Å². The lowest BCUT2D eigenvalue weighted by Crippen LogP contribution is -2.19. The lowest BCUT2D eigenvalue weighted by atomic mass is 9.92. The maximum Gasteiger partial charge on any atom is 0.0473 e. The van der Waals surface area contributed by atoms with Gasteiger partial charge in [0, 0.05) is 10.8 Å². The van der Waals surface area contributed by atoms with Gasteiger partial charge in [0.05, 0.1) is 0 Å². The van der Waals surface area contributed by atoms with Crippen LogP contribution in [0.25, 0.3) is 5.57 Å². The molecule has 0 fully saturated rings. The minimum Gasteiger partial charge on any atom is -0.133 e. The molecule has 1 atom stereocenters. The van der Waals surface area contributed by atoms with E-state index >= 15 is 0 Å². The molecular formula is C14H17ClS. The second-order valence-electron chi connectivity index (χ2n) is 4.77. The molecule has 2 heteroatoms. The van der Waals surface area contributed by atoms with E-state index < -0.39 is 0 Å². The van der Waals surface area contributed by atoms with E-state index in [1.54, 1.807) is 0 Å². The standard InChI is InChI=1S/C14H17ClS/c1-14(2)12(15)9-11(13(14)16-3)10-7-5-4-6-8-10/h4-8,12H,9H2,1-3H3.